The number of nitro benzene ring substituents is 1. The number of hydrogen-bond acceptors (Lipinski definition) is 5. The van der Waals surface area contributed by atoms with Crippen molar-refractivity contribution in [2.75, 3.05) is 13.1 Å². The van der Waals surface area contributed by atoms with Gasteiger partial charge in [0, 0.05) is 12.1 Å². The Morgan fingerprint density at radius 1 is 1.35 bits per heavy atom. The van der Waals surface area contributed by atoms with Gasteiger partial charge < -0.3 is 5.32 Å². The predicted octanol–water partition coefficient (Wildman–Crippen LogP) is 1.28. The maximum atomic E-state index is 12.3. The summed E-state index contributed by atoms with van der Waals surface area (Å²) in [7, 11) is -4.02. The number of nitro groups is 1. The van der Waals surface area contributed by atoms with E-state index < -0.39 is 25.5 Å². The van der Waals surface area contributed by atoms with Crippen molar-refractivity contribution in [1.82, 2.24) is 10.0 Å². The number of benzene rings is 1. The summed E-state index contributed by atoms with van der Waals surface area (Å²) < 4.78 is 27.1. The molecule has 0 amide bonds. The molecule has 0 spiro atoms. The Labute approximate surface area is 121 Å². The minimum Gasteiger partial charge on any atom is -0.317 e. The summed E-state index contributed by atoms with van der Waals surface area (Å²) in [6.07, 6.45) is 1.27. The van der Waals surface area contributed by atoms with Crippen molar-refractivity contribution in [2.45, 2.75) is 23.8 Å². The topological polar surface area (TPSA) is 101 Å². The van der Waals surface area contributed by atoms with Crippen LogP contribution in [0.2, 0.25) is 5.02 Å². The van der Waals surface area contributed by atoms with Crippen LogP contribution in [0.3, 0.4) is 0 Å². The van der Waals surface area contributed by atoms with Crippen LogP contribution in [0.25, 0.3) is 0 Å². The zero-order valence-electron chi connectivity index (χ0n) is 10.5. The molecule has 7 nitrogen and oxygen atoms in total. The monoisotopic (exact) mass is 319 g/mol. The highest BCUT2D eigenvalue weighted by atomic mass is 35.5. The molecule has 1 fully saturated rings. The van der Waals surface area contributed by atoms with E-state index in [0.717, 1.165) is 6.07 Å². The summed E-state index contributed by atoms with van der Waals surface area (Å²) in [4.78, 5) is 9.74. The number of piperidine rings is 1. The smallest absolute Gasteiger partial charge is 0.290 e. The van der Waals surface area contributed by atoms with Crippen LogP contribution in [0.5, 0.6) is 0 Å². The number of sulfonamides is 1. The van der Waals surface area contributed by atoms with E-state index >= 15 is 0 Å². The Morgan fingerprint density at radius 3 is 2.60 bits per heavy atom. The van der Waals surface area contributed by atoms with E-state index in [1.54, 1.807) is 0 Å². The van der Waals surface area contributed by atoms with Gasteiger partial charge in [-0.15, -0.1) is 0 Å². The van der Waals surface area contributed by atoms with Crippen molar-refractivity contribution >= 4 is 27.3 Å². The first-order chi connectivity index (χ1) is 9.42. The molecular weight excluding hydrogens is 306 g/mol. The Hall–Kier alpha value is -1.22. The molecule has 9 heteroatoms. The lowest BCUT2D eigenvalue weighted by Gasteiger charge is -2.23. The lowest BCUT2D eigenvalue weighted by molar-refractivity contribution is -0.387. The fourth-order valence-electron chi connectivity index (χ4n) is 2.13. The Bertz CT molecular complexity index is 614. The molecule has 0 unspecified atom stereocenters. The van der Waals surface area contributed by atoms with Gasteiger partial charge in [0.1, 0.15) is 0 Å². The van der Waals surface area contributed by atoms with Gasteiger partial charge in [-0.25, -0.2) is 13.1 Å². The molecule has 1 aliphatic rings. The second kappa shape index (κ2) is 6.04. The summed E-state index contributed by atoms with van der Waals surface area (Å²) in [5, 5.41) is 13.9. The van der Waals surface area contributed by atoms with E-state index in [-0.39, 0.29) is 11.1 Å². The van der Waals surface area contributed by atoms with E-state index in [0.29, 0.717) is 25.9 Å². The predicted molar refractivity (Wildman–Crippen MR) is 74.3 cm³/mol. The lowest BCUT2D eigenvalue weighted by Crippen LogP contribution is -2.42. The quantitative estimate of drug-likeness (QED) is 0.643. The summed E-state index contributed by atoms with van der Waals surface area (Å²) >= 11 is 5.84. The molecule has 0 atom stereocenters. The molecule has 2 rings (SSSR count). The van der Waals surface area contributed by atoms with Gasteiger partial charge >= 0.3 is 0 Å². The van der Waals surface area contributed by atoms with Gasteiger partial charge in [-0.3, -0.25) is 10.1 Å². The first kappa shape index (κ1) is 15.2. The molecule has 0 radical (unpaired) electrons. The van der Waals surface area contributed by atoms with Crippen LogP contribution in [0, 0.1) is 10.1 Å². The van der Waals surface area contributed by atoms with Gasteiger partial charge in [0.05, 0.1) is 9.95 Å². The third-order valence-electron chi connectivity index (χ3n) is 3.07. The molecule has 0 aromatic heterocycles. The number of nitrogens with zero attached hydrogens (tertiary/aromatic N) is 1. The molecular formula is C11H14ClN3O4S. The van der Waals surface area contributed by atoms with Crippen molar-refractivity contribution in [3.05, 3.63) is 33.3 Å². The second-order valence-electron chi connectivity index (χ2n) is 4.49. The van der Waals surface area contributed by atoms with Crippen molar-refractivity contribution < 1.29 is 13.3 Å². The van der Waals surface area contributed by atoms with Gasteiger partial charge in [-0.05, 0) is 32.0 Å². The zero-order valence-corrected chi connectivity index (χ0v) is 12.1. The fraction of sp³-hybridized carbons (Fsp3) is 0.455. The van der Waals surface area contributed by atoms with Gasteiger partial charge in [-0.1, -0.05) is 17.7 Å². The second-order valence-corrected chi connectivity index (χ2v) is 6.55. The first-order valence-corrected chi connectivity index (χ1v) is 7.94. The lowest BCUT2D eigenvalue weighted by atomic mass is 10.1. The molecule has 1 heterocycles. The summed E-state index contributed by atoms with van der Waals surface area (Å²) in [6.45, 7) is 1.41. The summed E-state index contributed by atoms with van der Waals surface area (Å²) in [5.41, 5.74) is -0.515. The van der Waals surface area contributed by atoms with Crippen LogP contribution in [-0.2, 0) is 10.0 Å². The van der Waals surface area contributed by atoms with Gasteiger partial charge in [0.15, 0.2) is 4.90 Å². The molecule has 0 saturated carbocycles. The van der Waals surface area contributed by atoms with Gasteiger partial charge in [0.2, 0.25) is 10.0 Å². The highest BCUT2D eigenvalue weighted by molar-refractivity contribution is 7.89. The molecule has 20 heavy (non-hydrogen) atoms. The van der Waals surface area contributed by atoms with Gasteiger partial charge in [-0.2, -0.15) is 0 Å². The number of rotatable bonds is 4. The zero-order chi connectivity index (χ0) is 14.8. The average molecular weight is 320 g/mol. The van der Waals surface area contributed by atoms with Crippen molar-refractivity contribution in [1.29, 1.82) is 0 Å². The molecule has 1 saturated heterocycles. The minimum absolute atomic E-state index is 0.152. The van der Waals surface area contributed by atoms with Crippen LogP contribution in [0.1, 0.15) is 12.8 Å². The highest BCUT2D eigenvalue weighted by Gasteiger charge is 2.31. The largest absolute Gasteiger partial charge is 0.317 e. The van der Waals surface area contributed by atoms with Crippen LogP contribution in [-0.4, -0.2) is 32.5 Å². The van der Waals surface area contributed by atoms with E-state index in [1.165, 1.54) is 12.1 Å². The third-order valence-corrected chi connectivity index (χ3v) is 5.11. The molecule has 0 bridgehead atoms. The van der Waals surface area contributed by atoms with E-state index in [9.17, 15) is 18.5 Å². The normalized spacial score (nSPS) is 17.1. The number of halogens is 1. The number of hydrogen-bond donors (Lipinski definition) is 2. The molecule has 0 aliphatic carbocycles. The molecule has 2 N–H and O–H groups in total. The van der Waals surface area contributed by atoms with E-state index in [4.69, 9.17) is 11.6 Å². The standard InChI is InChI=1S/C11H14ClN3O4S/c12-9-2-1-3-10(15(16)17)11(9)20(18,19)14-8-4-6-13-7-5-8/h1-3,8,13-14H,4-7H2. The Morgan fingerprint density at radius 2 is 2.00 bits per heavy atom. The Balaban J connectivity index is 2.36. The maximum Gasteiger partial charge on any atom is 0.290 e. The van der Waals surface area contributed by atoms with Crippen molar-refractivity contribution in [3.63, 3.8) is 0 Å². The summed E-state index contributed by atoms with van der Waals surface area (Å²) in [6, 6.07) is 3.57. The molecule has 1 aromatic carbocycles. The third kappa shape index (κ3) is 3.26. The highest BCUT2D eigenvalue weighted by Crippen LogP contribution is 2.31. The maximum absolute atomic E-state index is 12.3. The fourth-order valence-corrected chi connectivity index (χ4v) is 4.13. The van der Waals surface area contributed by atoms with Gasteiger partial charge in [0.25, 0.3) is 5.69 Å². The molecule has 110 valence electrons. The van der Waals surface area contributed by atoms with Crippen LogP contribution < -0.4 is 10.0 Å². The molecule has 1 aromatic rings. The number of nitrogens with one attached hydrogen (secondary N) is 2. The first-order valence-electron chi connectivity index (χ1n) is 6.08. The van der Waals surface area contributed by atoms with Crippen molar-refractivity contribution in [3.8, 4) is 0 Å². The van der Waals surface area contributed by atoms with Crippen molar-refractivity contribution in [2.24, 2.45) is 0 Å². The average Bonchev–Trinajstić information content (AvgIpc) is 2.38. The minimum atomic E-state index is -4.02. The van der Waals surface area contributed by atoms with Crippen LogP contribution >= 0.6 is 11.6 Å². The Kier molecular flexibility index (Phi) is 4.59. The van der Waals surface area contributed by atoms with E-state index in [2.05, 4.69) is 10.0 Å². The SMILES string of the molecule is O=[N+]([O-])c1cccc(Cl)c1S(=O)(=O)NC1CCNCC1. The van der Waals surface area contributed by atoms with E-state index in [1.807, 2.05) is 0 Å². The molecule has 1 aliphatic heterocycles. The van der Waals surface area contributed by atoms with Crippen LogP contribution in [0.4, 0.5) is 5.69 Å². The van der Waals surface area contributed by atoms with Crippen LogP contribution in [0.15, 0.2) is 23.1 Å². The summed E-state index contributed by atoms with van der Waals surface area (Å²) in [5.74, 6) is 0.